The molecule has 0 saturated heterocycles. The van der Waals surface area contributed by atoms with Crippen LogP contribution < -0.4 is 10.6 Å². The second-order valence-corrected chi connectivity index (χ2v) is 10.2. The summed E-state index contributed by atoms with van der Waals surface area (Å²) in [4.78, 5) is 25.6. The minimum Gasteiger partial charge on any atom is -0.462 e. The van der Waals surface area contributed by atoms with E-state index in [1.807, 2.05) is 48.7 Å². The molecule has 0 aliphatic rings. The second-order valence-electron chi connectivity index (χ2n) is 6.90. The summed E-state index contributed by atoms with van der Waals surface area (Å²) in [7, 11) is 0. The summed E-state index contributed by atoms with van der Waals surface area (Å²) in [6.45, 7) is 3.82. The Bertz CT molecular complexity index is 1100. The molecule has 0 unspecified atom stereocenters. The number of alkyl halides is 3. The van der Waals surface area contributed by atoms with Gasteiger partial charge in [-0.05, 0) is 31.5 Å². The maximum absolute atomic E-state index is 12.8. The van der Waals surface area contributed by atoms with E-state index in [-0.39, 0.29) is 6.61 Å². The summed E-state index contributed by atoms with van der Waals surface area (Å²) in [5, 5.41) is 7.97. The maximum Gasteiger partial charge on any atom is 0.341 e. The van der Waals surface area contributed by atoms with Crippen molar-refractivity contribution in [3.63, 3.8) is 0 Å². The van der Waals surface area contributed by atoms with E-state index in [9.17, 15) is 9.59 Å². The Morgan fingerprint density at radius 2 is 1.81 bits per heavy atom. The molecule has 0 bridgehead atoms. The number of hydrogen-bond acceptors (Lipinski definition) is 5. The first-order valence-electron chi connectivity index (χ1n) is 9.75. The first kappa shape index (κ1) is 24.4. The van der Waals surface area contributed by atoms with Crippen LogP contribution in [-0.4, -0.2) is 28.4 Å². The van der Waals surface area contributed by atoms with Crippen molar-refractivity contribution in [1.82, 2.24) is 5.32 Å². The predicted molar refractivity (Wildman–Crippen MR) is 132 cm³/mol. The molecule has 32 heavy (non-hydrogen) atoms. The zero-order valence-corrected chi connectivity index (χ0v) is 20.4. The Labute approximate surface area is 205 Å². The van der Waals surface area contributed by atoms with Gasteiger partial charge in [0.2, 0.25) is 3.79 Å². The average molecular weight is 512 g/mol. The molecule has 1 aromatic heterocycles. The third-order valence-electron chi connectivity index (χ3n) is 4.51. The van der Waals surface area contributed by atoms with E-state index < -0.39 is 21.8 Å². The fourth-order valence-corrected chi connectivity index (χ4v) is 4.35. The van der Waals surface area contributed by atoms with Crippen molar-refractivity contribution in [2.75, 3.05) is 11.9 Å². The lowest BCUT2D eigenvalue weighted by atomic mass is 10.0. The Balaban J connectivity index is 1.95. The Morgan fingerprint density at radius 1 is 1.09 bits per heavy atom. The van der Waals surface area contributed by atoms with Crippen LogP contribution in [-0.2, 0) is 4.74 Å². The lowest BCUT2D eigenvalue weighted by Gasteiger charge is -2.27. The van der Waals surface area contributed by atoms with Gasteiger partial charge in [0.1, 0.15) is 16.7 Å². The zero-order chi connectivity index (χ0) is 23.3. The summed E-state index contributed by atoms with van der Waals surface area (Å²) in [5.74, 6) is -0.932. The average Bonchev–Trinajstić information content (AvgIpc) is 3.17. The van der Waals surface area contributed by atoms with Gasteiger partial charge in [-0.15, -0.1) is 11.3 Å². The number of nitrogens with one attached hydrogen (secondary N) is 2. The first-order valence-corrected chi connectivity index (χ1v) is 11.8. The summed E-state index contributed by atoms with van der Waals surface area (Å²) >= 11 is 19.8. The molecule has 0 spiro atoms. The van der Waals surface area contributed by atoms with Crippen LogP contribution in [0.15, 0.2) is 60.0 Å². The third-order valence-corrected chi connectivity index (χ3v) is 6.08. The number of halogens is 3. The highest BCUT2D eigenvalue weighted by Crippen LogP contribution is 2.39. The molecule has 0 radical (unpaired) electrons. The van der Waals surface area contributed by atoms with Crippen LogP contribution in [0.4, 0.5) is 5.00 Å². The quantitative estimate of drug-likeness (QED) is 0.218. The van der Waals surface area contributed by atoms with Gasteiger partial charge in [0.05, 0.1) is 6.61 Å². The minimum atomic E-state index is -1.90. The highest BCUT2D eigenvalue weighted by atomic mass is 35.6. The van der Waals surface area contributed by atoms with Gasteiger partial charge in [-0.2, -0.15) is 0 Å². The molecule has 168 valence electrons. The highest BCUT2D eigenvalue weighted by Gasteiger charge is 2.36. The van der Waals surface area contributed by atoms with Gasteiger partial charge in [0.25, 0.3) is 5.91 Å². The van der Waals surface area contributed by atoms with E-state index in [2.05, 4.69) is 10.6 Å². The Hall–Kier alpha value is -2.25. The smallest absolute Gasteiger partial charge is 0.341 e. The van der Waals surface area contributed by atoms with Crippen molar-refractivity contribution in [2.24, 2.45) is 0 Å². The number of anilines is 1. The van der Waals surface area contributed by atoms with Crippen LogP contribution in [0.3, 0.4) is 0 Å². The molecule has 1 heterocycles. The van der Waals surface area contributed by atoms with Crippen LogP contribution in [0.5, 0.6) is 0 Å². The van der Waals surface area contributed by atoms with E-state index in [0.29, 0.717) is 21.7 Å². The highest BCUT2D eigenvalue weighted by molar-refractivity contribution is 7.15. The van der Waals surface area contributed by atoms with Gasteiger partial charge in [0, 0.05) is 16.5 Å². The molecule has 1 amide bonds. The number of carbonyl (C=O) groups excluding carboxylic acids is 2. The molecule has 2 aromatic carbocycles. The number of ether oxygens (including phenoxy) is 1. The number of hydrogen-bond donors (Lipinski definition) is 2. The minimum absolute atomic E-state index is 0.209. The van der Waals surface area contributed by atoms with Crippen molar-refractivity contribution in [3.8, 4) is 11.1 Å². The lowest BCUT2D eigenvalue weighted by Crippen LogP contribution is -2.49. The molecular formula is C23H21Cl3N2O3S. The summed E-state index contributed by atoms with van der Waals surface area (Å²) in [5.41, 5.74) is 3.19. The molecule has 0 aliphatic heterocycles. The summed E-state index contributed by atoms with van der Waals surface area (Å²) in [6, 6.07) is 16.5. The van der Waals surface area contributed by atoms with Crippen LogP contribution in [0.1, 0.15) is 33.2 Å². The number of benzene rings is 2. The maximum atomic E-state index is 12.8. The number of carbonyl (C=O) groups is 2. The van der Waals surface area contributed by atoms with Crippen LogP contribution >= 0.6 is 46.1 Å². The van der Waals surface area contributed by atoms with E-state index in [1.165, 1.54) is 11.3 Å². The van der Waals surface area contributed by atoms with Gasteiger partial charge < -0.3 is 15.4 Å². The van der Waals surface area contributed by atoms with Crippen molar-refractivity contribution >= 4 is 63.0 Å². The van der Waals surface area contributed by atoms with Crippen molar-refractivity contribution in [1.29, 1.82) is 0 Å². The number of amides is 1. The van der Waals surface area contributed by atoms with E-state index in [1.54, 1.807) is 25.1 Å². The van der Waals surface area contributed by atoms with Gasteiger partial charge in [-0.1, -0.05) is 82.8 Å². The zero-order valence-electron chi connectivity index (χ0n) is 17.3. The standard InChI is InChI=1S/C23H21Cl3N2O3S/c1-3-31-21(30)18-17(15-9-5-4-6-10-15)13-32-20(18)28-22(23(24,25)26)27-19(29)16-11-7-8-14(2)12-16/h4-13,22,28H,3H2,1-2H3,(H,27,29)/t22-/m1/s1. The molecule has 0 aliphatic carbocycles. The van der Waals surface area contributed by atoms with Crippen molar-refractivity contribution in [3.05, 3.63) is 76.7 Å². The Morgan fingerprint density at radius 3 is 2.44 bits per heavy atom. The molecule has 3 rings (SSSR count). The fourth-order valence-electron chi connectivity index (χ4n) is 3.03. The van der Waals surface area contributed by atoms with Crippen LogP contribution in [0.25, 0.3) is 11.1 Å². The van der Waals surface area contributed by atoms with Crippen molar-refractivity contribution < 1.29 is 14.3 Å². The molecule has 1 atom stereocenters. The molecule has 0 saturated carbocycles. The normalized spacial score (nSPS) is 12.2. The second kappa shape index (κ2) is 10.6. The summed E-state index contributed by atoms with van der Waals surface area (Å²) in [6.07, 6.45) is -1.11. The van der Waals surface area contributed by atoms with Gasteiger partial charge in [-0.25, -0.2) is 4.79 Å². The molecule has 2 N–H and O–H groups in total. The third kappa shape index (κ3) is 5.95. The number of aryl methyl sites for hydroxylation is 1. The van der Waals surface area contributed by atoms with Gasteiger partial charge in [0.15, 0.2) is 0 Å². The molecule has 0 fully saturated rings. The van der Waals surface area contributed by atoms with Gasteiger partial charge >= 0.3 is 5.97 Å². The van der Waals surface area contributed by atoms with Crippen molar-refractivity contribution in [2.45, 2.75) is 23.8 Å². The van der Waals surface area contributed by atoms with Crippen LogP contribution in [0, 0.1) is 6.92 Å². The molecule has 3 aromatic rings. The topological polar surface area (TPSA) is 67.4 Å². The largest absolute Gasteiger partial charge is 0.462 e. The summed E-state index contributed by atoms with van der Waals surface area (Å²) < 4.78 is 3.36. The van der Waals surface area contributed by atoms with Gasteiger partial charge in [-0.3, -0.25) is 4.79 Å². The molecule has 5 nitrogen and oxygen atoms in total. The number of rotatable bonds is 7. The van der Waals surface area contributed by atoms with E-state index in [4.69, 9.17) is 39.5 Å². The SMILES string of the molecule is CCOC(=O)c1c(-c2ccccc2)csc1N[C@@H](NC(=O)c1cccc(C)c1)C(Cl)(Cl)Cl. The fraction of sp³-hybridized carbons (Fsp3) is 0.217. The van der Waals surface area contributed by atoms with E-state index >= 15 is 0 Å². The molecule has 9 heteroatoms. The van der Waals surface area contributed by atoms with E-state index in [0.717, 1.165) is 11.1 Å². The number of thiophene rings is 1. The lowest BCUT2D eigenvalue weighted by molar-refractivity contribution is 0.0529. The molecular weight excluding hydrogens is 491 g/mol. The first-order chi connectivity index (χ1) is 15.2. The Kier molecular flexibility index (Phi) is 8.06. The van der Waals surface area contributed by atoms with Crippen LogP contribution in [0.2, 0.25) is 0 Å². The predicted octanol–water partition coefficient (Wildman–Crippen LogP) is 6.44. The number of esters is 1. The monoisotopic (exact) mass is 510 g/mol.